The molecule has 1 aromatic rings. The number of benzene rings is 1. The van der Waals surface area contributed by atoms with Gasteiger partial charge in [-0.2, -0.15) is 0 Å². The quantitative estimate of drug-likeness (QED) is 0.732. The third-order valence-corrected chi connectivity index (χ3v) is 3.29. The lowest BCUT2D eigenvalue weighted by molar-refractivity contribution is 0.0742. The van der Waals surface area contributed by atoms with Gasteiger partial charge in [-0.25, -0.2) is 4.39 Å². The molecule has 0 aromatic heterocycles. The van der Waals surface area contributed by atoms with Crippen molar-refractivity contribution in [1.29, 1.82) is 0 Å². The van der Waals surface area contributed by atoms with Gasteiger partial charge in [0.25, 0.3) is 0 Å². The fourth-order valence-electron chi connectivity index (χ4n) is 1.86. The molecule has 0 aliphatic heterocycles. The van der Waals surface area contributed by atoms with Crippen molar-refractivity contribution in [3.63, 3.8) is 0 Å². The van der Waals surface area contributed by atoms with E-state index in [1.807, 2.05) is 38.1 Å². The second-order valence-electron chi connectivity index (χ2n) is 5.29. The van der Waals surface area contributed by atoms with Crippen LogP contribution in [0.25, 0.3) is 0 Å². The topological polar surface area (TPSA) is 9.23 Å². The summed E-state index contributed by atoms with van der Waals surface area (Å²) >= 11 is 0. The maximum atomic E-state index is 13.2. The van der Waals surface area contributed by atoms with Crippen LogP contribution in [0.5, 0.6) is 0 Å². The maximum absolute atomic E-state index is 13.2. The average molecular weight is 269 g/mol. The van der Waals surface area contributed by atoms with Crippen molar-refractivity contribution in [2.24, 2.45) is 0 Å². The summed E-state index contributed by atoms with van der Waals surface area (Å²) in [4.78, 5) is 0. The molecular weight excluding hydrogens is 251 g/mol. The van der Waals surface area contributed by atoms with E-state index < -0.39 is 5.60 Å². The van der Waals surface area contributed by atoms with Gasteiger partial charge in [0.05, 0.1) is 0 Å². The van der Waals surface area contributed by atoms with Crippen molar-refractivity contribution in [3.8, 4) is 11.8 Å². The molecule has 0 amide bonds. The highest BCUT2D eigenvalue weighted by Gasteiger charge is 2.14. The molecule has 1 radical (unpaired) electrons. The van der Waals surface area contributed by atoms with Gasteiger partial charge in [-0.1, -0.05) is 30.0 Å². The largest absolute Gasteiger partial charge is 0.366 e. The van der Waals surface area contributed by atoms with Gasteiger partial charge < -0.3 is 4.74 Å². The van der Waals surface area contributed by atoms with Gasteiger partial charge in [-0.05, 0) is 43.7 Å². The summed E-state index contributed by atoms with van der Waals surface area (Å²) in [5, 5.41) is 0. The molecule has 0 heterocycles. The van der Waals surface area contributed by atoms with Gasteiger partial charge >= 0.3 is 0 Å². The van der Waals surface area contributed by atoms with Gasteiger partial charge in [-0.15, -0.1) is 0 Å². The Kier molecular flexibility index (Phi) is 4.42. The Morgan fingerprint density at radius 1 is 1.30 bits per heavy atom. The van der Waals surface area contributed by atoms with Crippen LogP contribution >= 0.6 is 0 Å². The summed E-state index contributed by atoms with van der Waals surface area (Å²) in [6.07, 6.45) is 6.65. The molecule has 1 atom stereocenters. The second-order valence-corrected chi connectivity index (χ2v) is 5.29. The van der Waals surface area contributed by atoms with Gasteiger partial charge in [-0.3, -0.25) is 0 Å². The van der Waals surface area contributed by atoms with Crippen molar-refractivity contribution in [2.75, 3.05) is 7.11 Å². The molecule has 1 aromatic carbocycles. The zero-order valence-electron chi connectivity index (χ0n) is 12.0. The second kappa shape index (κ2) is 6.07. The first-order chi connectivity index (χ1) is 9.50. The van der Waals surface area contributed by atoms with Crippen LogP contribution in [0.4, 0.5) is 4.39 Å². The van der Waals surface area contributed by atoms with Gasteiger partial charge in [0, 0.05) is 25.0 Å². The Morgan fingerprint density at radius 2 is 2.00 bits per heavy atom. The smallest absolute Gasteiger partial charge is 0.123 e. The Bertz CT molecular complexity index is 582. The number of ether oxygens (including phenoxy) is 1. The molecule has 2 heteroatoms. The van der Waals surface area contributed by atoms with E-state index in [4.69, 9.17) is 4.74 Å². The molecule has 0 saturated carbocycles. The average Bonchev–Trinajstić information content (AvgIpc) is 2.46. The number of methoxy groups -OCH3 is 1. The summed E-state index contributed by atoms with van der Waals surface area (Å²) in [6.45, 7) is 3.84. The lowest BCUT2D eigenvalue weighted by Crippen LogP contribution is -2.19. The normalized spacial score (nSPS) is 18.2. The Balaban J connectivity index is 2.11. The van der Waals surface area contributed by atoms with Crippen molar-refractivity contribution in [2.45, 2.75) is 31.8 Å². The van der Waals surface area contributed by atoms with E-state index in [1.165, 1.54) is 6.08 Å². The van der Waals surface area contributed by atoms with Crippen LogP contribution < -0.4 is 0 Å². The minimum absolute atomic E-state index is 0.00238. The van der Waals surface area contributed by atoms with E-state index >= 15 is 0 Å². The third-order valence-electron chi connectivity index (χ3n) is 3.29. The minimum atomic E-state index is -0.452. The van der Waals surface area contributed by atoms with Crippen LogP contribution in [0.3, 0.4) is 0 Å². The first-order valence-corrected chi connectivity index (χ1v) is 6.62. The summed E-state index contributed by atoms with van der Waals surface area (Å²) in [5.74, 6) is 6.05. The van der Waals surface area contributed by atoms with Crippen LogP contribution in [0.2, 0.25) is 0 Å². The summed E-state index contributed by atoms with van der Waals surface area (Å²) in [5.41, 5.74) is 1.53. The predicted octanol–water partition coefficient (Wildman–Crippen LogP) is 4.16. The van der Waals surface area contributed by atoms with E-state index in [0.717, 1.165) is 11.1 Å². The zero-order valence-corrected chi connectivity index (χ0v) is 12.0. The van der Waals surface area contributed by atoms with Crippen LogP contribution in [-0.2, 0) is 4.74 Å². The lowest BCUT2D eigenvalue weighted by atomic mass is 9.91. The molecule has 0 spiro atoms. The summed E-state index contributed by atoms with van der Waals surface area (Å²) in [7, 11) is 1.64. The molecule has 1 unspecified atom stereocenters. The van der Waals surface area contributed by atoms with Crippen molar-refractivity contribution in [1.82, 2.24) is 0 Å². The Labute approximate surface area is 120 Å². The maximum Gasteiger partial charge on any atom is 0.123 e. The highest BCUT2D eigenvalue weighted by Crippen LogP contribution is 2.28. The third kappa shape index (κ3) is 3.82. The van der Waals surface area contributed by atoms with Gasteiger partial charge in [0.1, 0.15) is 11.4 Å². The predicted molar refractivity (Wildman–Crippen MR) is 78.8 cm³/mol. The molecule has 0 bridgehead atoms. The number of allylic oxidation sites excluding steroid dienone is 4. The van der Waals surface area contributed by atoms with E-state index in [2.05, 4.69) is 17.9 Å². The molecule has 2 rings (SSSR count). The number of hydrogen-bond donors (Lipinski definition) is 0. The number of hydrogen-bond acceptors (Lipinski definition) is 1. The van der Waals surface area contributed by atoms with Crippen molar-refractivity contribution >= 4 is 0 Å². The van der Waals surface area contributed by atoms with E-state index in [1.54, 1.807) is 13.2 Å². The van der Waals surface area contributed by atoms with E-state index in [-0.39, 0.29) is 11.7 Å². The molecule has 1 aliphatic carbocycles. The minimum Gasteiger partial charge on any atom is -0.366 e. The van der Waals surface area contributed by atoms with Gasteiger partial charge in [0.15, 0.2) is 0 Å². The molecule has 103 valence electrons. The highest BCUT2D eigenvalue weighted by atomic mass is 19.1. The van der Waals surface area contributed by atoms with Crippen LogP contribution in [0.1, 0.15) is 37.3 Å². The standard InChI is InChI=1S/C18H18FO/c1-18(2,20-3)12-11-14-7-9-15(10-8-14)16-5-4-6-17(19)13-16/h4,6-10,16H,13H2,1-3H3. The van der Waals surface area contributed by atoms with Crippen molar-refractivity contribution in [3.05, 3.63) is 59.4 Å². The molecule has 0 fully saturated rings. The Hall–Kier alpha value is -1.85. The SMILES string of the molecule is COC(C)(C)C#Cc1ccc(C2[C]=CC=C(F)C2)cc1. The molecule has 1 nitrogen and oxygen atoms in total. The molecule has 0 N–H and O–H groups in total. The fraction of sp³-hybridized carbons (Fsp3) is 0.333. The molecule has 0 saturated heterocycles. The van der Waals surface area contributed by atoms with E-state index in [0.29, 0.717) is 6.42 Å². The molecule has 1 aliphatic rings. The summed E-state index contributed by atoms with van der Waals surface area (Å²) < 4.78 is 18.5. The molecular formula is C18H18FO. The first-order valence-electron chi connectivity index (χ1n) is 6.62. The monoisotopic (exact) mass is 269 g/mol. The van der Waals surface area contributed by atoms with Gasteiger partial charge in [0.2, 0.25) is 0 Å². The number of rotatable bonds is 2. The zero-order chi connectivity index (χ0) is 14.6. The first kappa shape index (κ1) is 14.6. The van der Waals surface area contributed by atoms with E-state index in [9.17, 15) is 4.39 Å². The summed E-state index contributed by atoms with van der Waals surface area (Å²) in [6, 6.07) is 7.86. The number of halogens is 1. The molecule has 20 heavy (non-hydrogen) atoms. The van der Waals surface area contributed by atoms with Crippen molar-refractivity contribution < 1.29 is 9.13 Å². The van der Waals surface area contributed by atoms with Crippen LogP contribution in [-0.4, -0.2) is 12.7 Å². The van der Waals surface area contributed by atoms with Crippen LogP contribution in [0.15, 0.2) is 42.2 Å². The van der Waals surface area contributed by atoms with Crippen LogP contribution in [0, 0.1) is 17.9 Å². The lowest BCUT2D eigenvalue weighted by Gasteiger charge is -2.15. The Morgan fingerprint density at radius 3 is 2.60 bits per heavy atom. The highest BCUT2D eigenvalue weighted by molar-refractivity contribution is 5.39. The fourth-order valence-corrected chi connectivity index (χ4v) is 1.86.